The summed E-state index contributed by atoms with van der Waals surface area (Å²) in [4.78, 5) is 22.7. The largest absolute Gasteiger partial charge is 0.466 e. The molecule has 4 nitrogen and oxygen atoms in total. The van der Waals surface area contributed by atoms with Crippen LogP contribution in [-0.2, 0) is 14.3 Å². The molecule has 1 atom stereocenters. The first-order chi connectivity index (χ1) is 17.6. The lowest BCUT2D eigenvalue weighted by Gasteiger charge is -2.11. The molecule has 0 aliphatic heterocycles. The second kappa shape index (κ2) is 28.5. The van der Waals surface area contributed by atoms with Crippen molar-refractivity contribution in [1.29, 1.82) is 0 Å². The molecule has 0 rings (SSSR count). The summed E-state index contributed by atoms with van der Waals surface area (Å²) in [7, 11) is 0. The Labute approximate surface area is 225 Å². The topological polar surface area (TPSA) is 55.4 Å². The third-order valence-electron chi connectivity index (χ3n) is 7.27. The Kier molecular flexibility index (Phi) is 27.7. The lowest BCUT2D eigenvalue weighted by atomic mass is 10.0. The summed E-state index contributed by atoms with van der Waals surface area (Å²) in [6.45, 7) is 7.04. The van der Waals surface area contributed by atoms with Gasteiger partial charge in [0.05, 0.1) is 6.61 Å². The predicted octanol–water partition coefficient (Wildman–Crippen LogP) is 9.68. The standard InChI is InChI=1S/C32H63NO3/c1-4-5-6-7-8-9-10-11-12-13-14-15-16-17-18-19-20-21-22-23-24-28-33-32(35)27-25-26-30(2)29-36-31(3)34/h30H,4-29H2,1-3H3,(H,33,35)/t30-/m0/s1. The summed E-state index contributed by atoms with van der Waals surface area (Å²) in [6.07, 6.45) is 31.6. The van der Waals surface area contributed by atoms with Crippen molar-refractivity contribution in [2.45, 2.75) is 175 Å². The van der Waals surface area contributed by atoms with Gasteiger partial charge in [-0.3, -0.25) is 9.59 Å². The smallest absolute Gasteiger partial charge is 0.302 e. The minimum Gasteiger partial charge on any atom is -0.466 e. The van der Waals surface area contributed by atoms with E-state index in [1.807, 2.05) is 0 Å². The monoisotopic (exact) mass is 509 g/mol. The van der Waals surface area contributed by atoms with Crippen molar-refractivity contribution in [3.05, 3.63) is 0 Å². The average Bonchev–Trinajstić information content (AvgIpc) is 2.85. The van der Waals surface area contributed by atoms with Crippen LogP contribution in [0.5, 0.6) is 0 Å². The lowest BCUT2D eigenvalue weighted by molar-refractivity contribution is -0.142. The first-order valence-electron chi connectivity index (χ1n) is 16.0. The van der Waals surface area contributed by atoms with E-state index in [4.69, 9.17) is 4.74 Å². The fraction of sp³-hybridized carbons (Fsp3) is 0.938. The van der Waals surface area contributed by atoms with Crippen molar-refractivity contribution >= 4 is 11.9 Å². The van der Waals surface area contributed by atoms with Gasteiger partial charge in [-0.15, -0.1) is 0 Å². The van der Waals surface area contributed by atoms with Crippen molar-refractivity contribution in [2.75, 3.05) is 13.2 Å². The van der Waals surface area contributed by atoms with Crippen LogP contribution >= 0.6 is 0 Å². The van der Waals surface area contributed by atoms with Crippen LogP contribution in [-0.4, -0.2) is 25.0 Å². The Morgan fingerprint density at radius 3 is 1.39 bits per heavy atom. The predicted molar refractivity (Wildman–Crippen MR) is 155 cm³/mol. The quantitative estimate of drug-likeness (QED) is 0.0843. The fourth-order valence-corrected chi connectivity index (χ4v) is 4.83. The van der Waals surface area contributed by atoms with Gasteiger partial charge in [0.25, 0.3) is 0 Å². The SMILES string of the molecule is CCCCCCCCCCCCCCCCCCCCCCCNC(=O)CCC[C@H](C)COC(C)=O. The molecular weight excluding hydrogens is 446 g/mol. The number of rotatable bonds is 28. The van der Waals surface area contributed by atoms with Crippen LogP contribution in [0.4, 0.5) is 0 Å². The molecule has 0 aromatic heterocycles. The van der Waals surface area contributed by atoms with E-state index in [-0.39, 0.29) is 11.9 Å². The molecule has 0 bridgehead atoms. The fourth-order valence-electron chi connectivity index (χ4n) is 4.83. The van der Waals surface area contributed by atoms with Gasteiger partial charge in [0.15, 0.2) is 0 Å². The van der Waals surface area contributed by atoms with Crippen LogP contribution in [0, 0.1) is 5.92 Å². The normalized spacial score (nSPS) is 12.0. The summed E-state index contributed by atoms with van der Waals surface area (Å²) < 4.78 is 5.00. The van der Waals surface area contributed by atoms with Crippen molar-refractivity contribution in [2.24, 2.45) is 5.92 Å². The van der Waals surface area contributed by atoms with Crippen molar-refractivity contribution in [3.63, 3.8) is 0 Å². The summed E-state index contributed by atoms with van der Waals surface area (Å²) in [5.74, 6) is 0.239. The maximum Gasteiger partial charge on any atom is 0.302 e. The van der Waals surface area contributed by atoms with Crippen LogP contribution in [0.15, 0.2) is 0 Å². The highest BCUT2D eigenvalue weighted by Gasteiger charge is 2.06. The van der Waals surface area contributed by atoms with Gasteiger partial charge in [-0.1, -0.05) is 142 Å². The molecule has 0 aromatic rings. The van der Waals surface area contributed by atoms with E-state index in [2.05, 4.69) is 19.2 Å². The van der Waals surface area contributed by atoms with E-state index in [1.54, 1.807) is 0 Å². The van der Waals surface area contributed by atoms with Gasteiger partial charge in [-0.2, -0.15) is 0 Å². The molecule has 4 heteroatoms. The van der Waals surface area contributed by atoms with E-state index in [1.165, 1.54) is 135 Å². The highest BCUT2D eigenvalue weighted by Crippen LogP contribution is 2.15. The van der Waals surface area contributed by atoms with Gasteiger partial charge in [-0.05, 0) is 25.2 Å². The molecule has 0 aliphatic rings. The highest BCUT2D eigenvalue weighted by atomic mass is 16.5. The number of amides is 1. The van der Waals surface area contributed by atoms with E-state index >= 15 is 0 Å². The molecule has 36 heavy (non-hydrogen) atoms. The molecule has 0 fully saturated rings. The van der Waals surface area contributed by atoms with Crippen LogP contribution < -0.4 is 5.32 Å². The lowest BCUT2D eigenvalue weighted by Crippen LogP contribution is -2.24. The zero-order valence-electron chi connectivity index (χ0n) is 24.7. The van der Waals surface area contributed by atoms with Gasteiger partial charge in [0.2, 0.25) is 5.91 Å². The van der Waals surface area contributed by atoms with Gasteiger partial charge in [-0.25, -0.2) is 0 Å². The first-order valence-corrected chi connectivity index (χ1v) is 16.0. The second-order valence-electron chi connectivity index (χ2n) is 11.2. The highest BCUT2D eigenvalue weighted by molar-refractivity contribution is 5.75. The molecule has 0 saturated carbocycles. The van der Waals surface area contributed by atoms with E-state index < -0.39 is 0 Å². The summed E-state index contributed by atoms with van der Waals surface area (Å²) in [5.41, 5.74) is 0. The summed E-state index contributed by atoms with van der Waals surface area (Å²) in [5, 5.41) is 3.04. The van der Waals surface area contributed by atoms with E-state index in [0.29, 0.717) is 18.9 Å². The Morgan fingerprint density at radius 2 is 1.00 bits per heavy atom. The van der Waals surface area contributed by atoms with Crippen LogP contribution in [0.25, 0.3) is 0 Å². The molecule has 0 heterocycles. The molecule has 0 aromatic carbocycles. The average molecular weight is 510 g/mol. The Bertz CT molecular complexity index is 480. The van der Waals surface area contributed by atoms with E-state index in [9.17, 15) is 9.59 Å². The van der Waals surface area contributed by atoms with Crippen LogP contribution in [0.3, 0.4) is 0 Å². The number of carbonyl (C=O) groups excluding carboxylic acids is 2. The van der Waals surface area contributed by atoms with E-state index in [0.717, 1.165) is 25.8 Å². The Balaban J connectivity index is 3.18. The minimum atomic E-state index is -0.232. The molecule has 0 spiro atoms. The second-order valence-corrected chi connectivity index (χ2v) is 11.2. The number of nitrogens with one attached hydrogen (secondary N) is 1. The van der Waals surface area contributed by atoms with Gasteiger partial charge < -0.3 is 10.1 Å². The van der Waals surface area contributed by atoms with Crippen LogP contribution in [0.2, 0.25) is 0 Å². The van der Waals surface area contributed by atoms with Crippen molar-refractivity contribution < 1.29 is 14.3 Å². The summed E-state index contributed by atoms with van der Waals surface area (Å²) in [6, 6.07) is 0. The Hall–Kier alpha value is -1.06. The maximum atomic E-state index is 11.9. The molecule has 1 N–H and O–H groups in total. The van der Waals surface area contributed by atoms with Gasteiger partial charge >= 0.3 is 5.97 Å². The molecule has 1 amide bonds. The maximum absolute atomic E-state index is 11.9. The first kappa shape index (κ1) is 34.9. The molecule has 0 radical (unpaired) electrons. The molecular formula is C32H63NO3. The third kappa shape index (κ3) is 29.2. The zero-order chi connectivity index (χ0) is 26.5. The van der Waals surface area contributed by atoms with Gasteiger partial charge in [0.1, 0.15) is 0 Å². The number of carbonyl (C=O) groups is 2. The number of hydrogen-bond acceptors (Lipinski definition) is 3. The number of hydrogen-bond donors (Lipinski definition) is 1. The minimum absolute atomic E-state index is 0.155. The molecule has 0 aliphatic carbocycles. The number of unbranched alkanes of at least 4 members (excludes halogenated alkanes) is 20. The number of ether oxygens (including phenoxy) is 1. The van der Waals surface area contributed by atoms with Crippen molar-refractivity contribution in [3.8, 4) is 0 Å². The zero-order valence-corrected chi connectivity index (χ0v) is 24.7. The van der Waals surface area contributed by atoms with Crippen LogP contribution in [0.1, 0.15) is 175 Å². The summed E-state index contributed by atoms with van der Waals surface area (Å²) >= 11 is 0. The number of esters is 1. The molecule has 214 valence electrons. The molecule has 0 saturated heterocycles. The van der Waals surface area contributed by atoms with Crippen molar-refractivity contribution in [1.82, 2.24) is 5.32 Å². The van der Waals surface area contributed by atoms with Gasteiger partial charge in [0, 0.05) is 19.9 Å². The third-order valence-corrected chi connectivity index (χ3v) is 7.27. The molecule has 0 unspecified atom stereocenters. The Morgan fingerprint density at radius 1 is 0.611 bits per heavy atom.